The van der Waals surface area contributed by atoms with Gasteiger partial charge in [-0.3, -0.25) is 14.1 Å². The highest BCUT2D eigenvalue weighted by Gasteiger charge is 2.23. The van der Waals surface area contributed by atoms with E-state index in [9.17, 15) is 14.2 Å². The van der Waals surface area contributed by atoms with Crippen molar-refractivity contribution in [1.29, 1.82) is 0 Å². The van der Waals surface area contributed by atoms with Crippen molar-refractivity contribution in [2.24, 2.45) is 0 Å². The predicted octanol–water partition coefficient (Wildman–Crippen LogP) is 16.9. The second-order valence-corrected chi connectivity index (χ2v) is 19.5. The predicted molar refractivity (Wildman–Crippen MR) is 258 cm³/mol. The molecule has 0 fully saturated rings. The zero-order valence-electron chi connectivity index (χ0n) is 40.3. The summed E-state index contributed by atoms with van der Waals surface area (Å²) in [5.74, 6) is -0.902. The van der Waals surface area contributed by atoms with Gasteiger partial charge in [-0.15, -0.1) is 0 Å². The van der Waals surface area contributed by atoms with Crippen LogP contribution in [0, 0.1) is 0 Å². The second kappa shape index (κ2) is 48.3. The van der Waals surface area contributed by atoms with Crippen molar-refractivity contribution >= 4 is 19.8 Å². The van der Waals surface area contributed by atoms with Crippen molar-refractivity contribution in [2.45, 2.75) is 296 Å². The Kier molecular flexibility index (Phi) is 47.3. The first kappa shape index (κ1) is 59.8. The molecule has 0 aliphatic rings. The highest BCUT2D eigenvalue weighted by Crippen LogP contribution is 2.36. The Morgan fingerprint density at radius 3 is 1.05 bits per heavy atom. The summed E-state index contributed by atoms with van der Waals surface area (Å²) in [6, 6.07) is 0. The highest BCUT2D eigenvalue weighted by atomic mass is 31.2. The summed E-state index contributed by atoms with van der Waals surface area (Å²) in [6.45, 7) is 3.73. The number of esters is 2. The molecule has 0 heterocycles. The van der Waals surface area contributed by atoms with Gasteiger partial charge in [0.15, 0.2) is 6.10 Å². The average molecular weight is 885 g/mol. The first-order valence-corrected chi connectivity index (χ1v) is 28.0. The molecule has 9 heteroatoms. The van der Waals surface area contributed by atoms with Crippen molar-refractivity contribution in [3.05, 3.63) is 12.2 Å². The molecule has 0 unspecified atom stereocenters. The molecule has 0 aliphatic heterocycles. The van der Waals surface area contributed by atoms with E-state index in [1.165, 1.54) is 225 Å². The lowest BCUT2D eigenvalue weighted by Gasteiger charge is -2.18. The lowest BCUT2D eigenvalue weighted by molar-refractivity contribution is -0.161. The van der Waals surface area contributed by atoms with E-state index in [4.69, 9.17) is 19.3 Å². The van der Waals surface area contributed by atoms with Crippen LogP contribution in [-0.2, 0) is 28.2 Å². The van der Waals surface area contributed by atoms with Gasteiger partial charge in [-0.05, 0) is 32.1 Å². The molecular weight excluding hydrogens is 784 g/mol. The number of carbonyl (C=O) groups is 2. The number of phosphoric ester groups is 1. The molecule has 0 aromatic carbocycles. The van der Waals surface area contributed by atoms with Gasteiger partial charge in [0.1, 0.15) is 6.61 Å². The van der Waals surface area contributed by atoms with Crippen LogP contribution in [0.25, 0.3) is 0 Å². The monoisotopic (exact) mass is 885 g/mol. The van der Waals surface area contributed by atoms with Crippen molar-refractivity contribution in [3.8, 4) is 0 Å². The van der Waals surface area contributed by atoms with Crippen LogP contribution in [-0.4, -0.2) is 41.0 Å². The molecule has 8 nitrogen and oxygen atoms in total. The molecule has 0 amide bonds. The van der Waals surface area contributed by atoms with E-state index in [-0.39, 0.29) is 19.4 Å². The van der Waals surface area contributed by atoms with E-state index >= 15 is 0 Å². The molecular formula is C52H101O8P. The number of ether oxygens (including phenoxy) is 2. The van der Waals surface area contributed by atoms with Crippen LogP contribution >= 0.6 is 7.82 Å². The van der Waals surface area contributed by atoms with Crippen molar-refractivity contribution in [1.82, 2.24) is 0 Å². The van der Waals surface area contributed by atoms with Crippen LogP contribution in [0.3, 0.4) is 0 Å². The molecule has 2 N–H and O–H groups in total. The van der Waals surface area contributed by atoms with Crippen LogP contribution in [0.2, 0.25) is 0 Å². The van der Waals surface area contributed by atoms with Crippen molar-refractivity contribution in [3.63, 3.8) is 0 Å². The first-order chi connectivity index (χ1) is 29.8. The minimum absolute atomic E-state index is 0.170. The molecule has 0 aromatic rings. The Morgan fingerprint density at radius 2 is 0.705 bits per heavy atom. The maximum Gasteiger partial charge on any atom is 0.469 e. The van der Waals surface area contributed by atoms with E-state index in [1.54, 1.807) is 0 Å². The van der Waals surface area contributed by atoms with Gasteiger partial charge < -0.3 is 19.3 Å². The third kappa shape index (κ3) is 51.3. The summed E-state index contributed by atoms with van der Waals surface area (Å²) in [4.78, 5) is 43.1. The van der Waals surface area contributed by atoms with Crippen LogP contribution in [0.1, 0.15) is 290 Å². The smallest absolute Gasteiger partial charge is 0.462 e. The molecule has 0 rings (SSSR count). The molecule has 0 aromatic heterocycles. The lowest BCUT2D eigenvalue weighted by Crippen LogP contribution is -2.29. The fourth-order valence-electron chi connectivity index (χ4n) is 8.09. The standard InChI is InChI=1S/C52H101O8P/c1-3-5-7-9-11-13-15-17-19-21-23-25-26-27-29-31-33-35-37-39-41-43-45-47-52(54)60-50(49-59-61(55,56)57)48-58-51(53)46-44-42-40-38-36-34-32-30-28-24-22-20-18-16-14-12-10-8-6-4-2/h39,41,50H,3-38,40,42-49H2,1-2H3,(H2,55,56,57)/b41-39+/t50-/m1/s1. The SMILES string of the molecule is CCCCCCCCCCCCCCCCCCCC/C=C/CCCC(=O)O[C@H](COC(=O)CCCCCCCCCCCCCCCCCCCCCC)COP(=O)(O)O. The first-order valence-electron chi connectivity index (χ1n) is 26.5. The Labute approximate surface area is 377 Å². The fraction of sp³-hybridized carbons (Fsp3) is 0.923. The fourth-order valence-corrected chi connectivity index (χ4v) is 8.45. The normalized spacial score (nSPS) is 12.4. The third-order valence-electron chi connectivity index (χ3n) is 12.0. The Morgan fingerprint density at radius 1 is 0.410 bits per heavy atom. The Balaban J connectivity index is 3.78. The van der Waals surface area contributed by atoms with Crippen molar-refractivity contribution in [2.75, 3.05) is 13.2 Å². The number of hydrogen-bond donors (Lipinski definition) is 2. The number of unbranched alkanes of at least 4 members (excludes halogenated alkanes) is 38. The number of rotatable bonds is 50. The van der Waals surface area contributed by atoms with E-state index in [0.717, 1.165) is 32.1 Å². The zero-order valence-corrected chi connectivity index (χ0v) is 41.2. The molecule has 0 saturated heterocycles. The quantitative estimate of drug-likeness (QED) is 0.0268. The number of hydrogen-bond acceptors (Lipinski definition) is 6. The van der Waals surface area contributed by atoms with Crippen LogP contribution in [0.4, 0.5) is 0 Å². The van der Waals surface area contributed by atoms with Gasteiger partial charge in [0, 0.05) is 12.8 Å². The molecule has 362 valence electrons. The van der Waals surface area contributed by atoms with E-state index in [1.807, 2.05) is 0 Å². The van der Waals surface area contributed by atoms with E-state index in [0.29, 0.717) is 6.42 Å². The van der Waals surface area contributed by atoms with Gasteiger partial charge in [0.05, 0.1) is 6.61 Å². The zero-order chi connectivity index (χ0) is 44.6. The maximum absolute atomic E-state index is 12.5. The Bertz CT molecular complexity index is 998. The van der Waals surface area contributed by atoms with Crippen molar-refractivity contribution < 1.29 is 37.9 Å². The van der Waals surface area contributed by atoms with Crippen LogP contribution in [0.15, 0.2) is 12.2 Å². The summed E-state index contributed by atoms with van der Waals surface area (Å²) in [5, 5.41) is 0. The molecule has 0 bridgehead atoms. The number of carbonyl (C=O) groups excluding carboxylic acids is 2. The van der Waals surface area contributed by atoms with Gasteiger partial charge >= 0.3 is 19.8 Å². The summed E-state index contributed by atoms with van der Waals surface area (Å²) in [6.07, 6.45) is 56.8. The van der Waals surface area contributed by atoms with Crippen LogP contribution < -0.4 is 0 Å². The molecule has 0 spiro atoms. The van der Waals surface area contributed by atoms with Gasteiger partial charge in [-0.1, -0.05) is 257 Å². The van der Waals surface area contributed by atoms with Crippen LogP contribution in [0.5, 0.6) is 0 Å². The molecule has 0 saturated carbocycles. The minimum atomic E-state index is -4.76. The summed E-state index contributed by atoms with van der Waals surface area (Å²) >= 11 is 0. The van der Waals surface area contributed by atoms with Gasteiger partial charge in [-0.2, -0.15) is 0 Å². The maximum atomic E-state index is 12.5. The summed E-state index contributed by atoms with van der Waals surface area (Å²) in [7, 11) is -4.76. The molecule has 61 heavy (non-hydrogen) atoms. The third-order valence-corrected chi connectivity index (χ3v) is 12.5. The lowest BCUT2D eigenvalue weighted by atomic mass is 10.0. The van der Waals surface area contributed by atoms with E-state index < -0.39 is 32.5 Å². The Hall–Kier alpha value is -1.21. The summed E-state index contributed by atoms with van der Waals surface area (Å²) < 4.78 is 26.5. The second-order valence-electron chi connectivity index (χ2n) is 18.2. The topological polar surface area (TPSA) is 119 Å². The molecule has 0 radical (unpaired) electrons. The van der Waals surface area contributed by atoms with Gasteiger partial charge in [-0.25, -0.2) is 4.57 Å². The number of phosphoric acid groups is 1. The molecule has 0 aliphatic carbocycles. The highest BCUT2D eigenvalue weighted by molar-refractivity contribution is 7.46. The van der Waals surface area contributed by atoms with Gasteiger partial charge in [0.25, 0.3) is 0 Å². The van der Waals surface area contributed by atoms with E-state index in [2.05, 4.69) is 30.5 Å². The van der Waals surface area contributed by atoms with Gasteiger partial charge in [0.2, 0.25) is 0 Å². The minimum Gasteiger partial charge on any atom is -0.462 e. The molecule has 1 atom stereocenters. The largest absolute Gasteiger partial charge is 0.469 e. The average Bonchev–Trinajstić information content (AvgIpc) is 3.23. The number of allylic oxidation sites excluding steroid dienone is 2. The summed E-state index contributed by atoms with van der Waals surface area (Å²) in [5.41, 5.74) is 0.